The molecule has 0 atom stereocenters. The van der Waals surface area contributed by atoms with E-state index in [-0.39, 0.29) is 10.6 Å². The molecular formula is C13H13NO2. The van der Waals surface area contributed by atoms with Gasteiger partial charge in [0.05, 0.1) is 10.3 Å². The lowest BCUT2D eigenvalue weighted by Gasteiger charge is -2.09. The van der Waals surface area contributed by atoms with Gasteiger partial charge in [0.25, 0.3) is 5.69 Å². The summed E-state index contributed by atoms with van der Waals surface area (Å²) in [6, 6.07) is 10.9. The van der Waals surface area contributed by atoms with E-state index in [2.05, 4.69) is 13.8 Å². The number of rotatable bonds is 2. The summed E-state index contributed by atoms with van der Waals surface area (Å²) in [6.07, 6.45) is 0. The maximum Gasteiger partial charge on any atom is 0.277 e. The summed E-state index contributed by atoms with van der Waals surface area (Å²) in [4.78, 5) is 10.6. The molecule has 2 aromatic rings. The third-order valence-electron chi connectivity index (χ3n) is 2.75. The van der Waals surface area contributed by atoms with Gasteiger partial charge in [0.1, 0.15) is 0 Å². The average Bonchev–Trinajstić information content (AvgIpc) is 2.27. The number of nitro benzene ring substituents is 1. The van der Waals surface area contributed by atoms with Crippen molar-refractivity contribution >= 4 is 16.5 Å². The van der Waals surface area contributed by atoms with Crippen molar-refractivity contribution in [1.82, 2.24) is 0 Å². The van der Waals surface area contributed by atoms with Crippen LogP contribution in [0.5, 0.6) is 0 Å². The molecule has 0 unspecified atom stereocenters. The second-order valence-corrected chi connectivity index (χ2v) is 4.13. The topological polar surface area (TPSA) is 43.1 Å². The van der Waals surface area contributed by atoms with Crippen molar-refractivity contribution in [3.05, 3.63) is 52.1 Å². The molecule has 0 aliphatic heterocycles. The summed E-state index contributed by atoms with van der Waals surface area (Å²) in [7, 11) is 0. The summed E-state index contributed by atoms with van der Waals surface area (Å²) in [5.41, 5.74) is 1.33. The molecule has 16 heavy (non-hydrogen) atoms. The van der Waals surface area contributed by atoms with E-state index in [9.17, 15) is 10.1 Å². The summed E-state index contributed by atoms with van der Waals surface area (Å²) in [5, 5.41) is 12.6. The Morgan fingerprint density at radius 3 is 2.25 bits per heavy atom. The molecule has 0 N–H and O–H groups in total. The number of fused-ring (bicyclic) bond motifs is 1. The number of hydrogen-bond acceptors (Lipinski definition) is 2. The molecule has 0 aromatic heterocycles. The molecule has 82 valence electrons. The minimum absolute atomic E-state index is 0.181. The molecule has 2 aromatic carbocycles. The molecule has 2 rings (SSSR count). The molecule has 0 spiro atoms. The SMILES string of the molecule is CC(C)c1ccc([N+](=O)[O-])c2ccccc12. The van der Waals surface area contributed by atoms with E-state index >= 15 is 0 Å². The number of non-ortho nitro benzene ring substituents is 1. The van der Waals surface area contributed by atoms with Gasteiger partial charge in [-0.2, -0.15) is 0 Å². The van der Waals surface area contributed by atoms with Gasteiger partial charge in [-0.05, 0) is 22.9 Å². The summed E-state index contributed by atoms with van der Waals surface area (Å²) < 4.78 is 0. The Kier molecular flexibility index (Phi) is 2.60. The molecule has 0 saturated carbocycles. The van der Waals surface area contributed by atoms with Gasteiger partial charge in [0.15, 0.2) is 0 Å². The Bertz CT molecular complexity index is 547. The van der Waals surface area contributed by atoms with Crippen LogP contribution in [0, 0.1) is 10.1 Å². The van der Waals surface area contributed by atoms with E-state index in [1.54, 1.807) is 12.1 Å². The van der Waals surface area contributed by atoms with Crippen LogP contribution in [0.15, 0.2) is 36.4 Å². The lowest BCUT2D eigenvalue weighted by molar-refractivity contribution is -0.383. The van der Waals surface area contributed by atoms with Crippen molar-refractivity contribution < 1.29 is 4.92 Å². The minimum Gasteiger partial charge on any atom is -0.258 e. The Labute approximate surface area is 93.9 Å². The lowest BCUT2D eigenvalue weighted by atomic mass is 9.95. The zero-order valence-corrected chi connectivity index (χ0v) is 9.31. The van der Waals surface area contributed by atoms with E-state index in [0.29, 0.717) is 5.92 Å². The molecule has 0 aliphatic rings. The molecule has 0 aliphatic carbocycles. The van der Waals surface area contributed by atoms with E-state index < -0.39 is 0 Å². The fraction of sp³-hybridized carbons (Fsp3) is 0.231. The molecule has 0 radical (unpaired) electrons. The third kappa shape index (κ3) is 1.65. The normalized spacial score (nSPS) is 10.9. The Balaban J connectivity index is 2.82. The van der Waals surface area contributed by atoms with Crippen molar-refractivity contribution in [3.63, 3.8) is 0 Å². The van der Waals surface area contributed by atoms with Gasteiger partial charge in [-0.15, -0.1) is 0 Å². The average molecular weight is 215 g/mol. The van der Waals surface area contributed by atoms with Crippen LogP contribution in [0.3, 0.4) is 0 Å². The van der Waals surface area contributed by atoms with Crippen molar-refractivity contribution in [1.29, 1.82) is 0 Å². The van der Waals surface area contributed by atoms with E-state index in [0.717, 1.165) is 16.3 Å². The minimum atomic E-state index is -0.327. The molecule has 0 saturated heterocycles. The van der Waals surface area contributed by atoms with Crippen molar-refractivity contribution in [2.75, 3.05) is 0 Å². The zero-order chi connectivity index (χ0) is 11.7. The van der Waals surface area contributed by atoms with Gasteiger partial charge in [0.2, 0.25) is 0 Å². The molecule has 0 bridgehead atoms. The summed E-state index contributed by atoms with van der Waals surface area (Å²) >= 11 is 0. The van der Waals surface area contributed by atoms with Crippen molar-refractivity contribution in [3.8, 4) is 0 Å². The summed E-state index contributed by atoms with van der Waals surface area (Å²) in [6.45, 7) is 4.18. The first-order chi connectivity index (χ1) is 7.61. The van der Waals surface area contributed by atoms with E-state index in [1.165, 1.54) is 0 Å². The molecule has 0 fully saturated rings. The maximum atomic E-state index is 10.9. The second kappa shape index (κ2) is 3.93. The van der Waals surface area contributed by atoms with E-state index in [1.807, 2.05) is 24.3 Å². The quantitative estimate of drug-likeness (QED) is 0.563. The zero-order valence-electron chi connectivity index (χ0n) is 9.31. The van der Waals surface area contributed by atoms with Gasteiger partial charge in [0, 0.05) is 6.07 Å². The predicted molar refractivity (Wildman–Crippen MR) is 64.7 cm³/mol. The second-order valence-electron chi connectivity index (χ2n) is 4.13. The lowest BCUT2D eigenvalue weighted by Crippen LogP contribution is -1.94. The fourth-order valence-corrected chi connectivity index (χ4v) is 1.97. The van der Waals surface area contributed by atoms with Crippen LogP contribution in [0.2, 0.25) is 0 Å². The van der Waals surface area contributed by atoms with Crippen molar-refractivity contribution in [2.45, 2.75) is 19.8 Å². The largest absolute Gasteiger partial charge is 0.277 e. The van der Waals surface area contributed by atoms with Gasteiger partial charge in [-0.1, -0.05) is 38.1 Å². The molecule has 3 heteroatoms. The monoisotopic (exact) mass is 215 g/mol. The molecular weight excluding hydrogens is 202 g/mol. The highest BCUT2D eigenvalue weighted by Crippen LogP contribution is 2.31. The van der Waals surface area contributed by atoms with Gasteiger partial charge >= 0.3 is 0 Å². The van der Waals surface area contributed by atoms with Crippen molar-refractivity contribution in [2.24, 2.45) is 0 Å². The van der Waals surface area contributed by atoms with Crippen LogP contribution in [0.1, 0.15) is 25.3 Å². The Hall–Kier alpha value is -1.90. The van der Waals surface area contributed by atoms with Crippen LogP contribution in [-0.4, -0.2) is 4.92 Å². The number of nitrogens with zero attached hydrogens (tertiary/aromatic N) is 1. The first kappa shape index (κ1) is 10.6. The Morgan fingerprint density at radius 2 is 1.69 bits per heavy atom. The fourth-order valence-electron chi connectivity index (χ4n) is 1.97. The van der Waals surface area contributed by atoms with Gasteiger partial charge in [-0.25, -0.2) is 0 Å². The van der Waals surface area contributed by atoms with Gasteiger partial charge in [-0.3, -0.25) is 10.1 Å². The van der Waals surface area contributed by atoms with Crippen LogP contribution < -0.4 is 0 Å². The smallest absolute Gasteiger partial charge is 0.258 e. The first-order valence-electron chi connectivity index (χ1n) is 5.27. The number of nitro groups is 1. The standard InChI is InChI=1S/C13H13NO2/c1-9(2)10-7-8-13(14(15)16)12-6-4-3-5-11(10)12/h3-9H,1-2H3. The van der Waals surface area contributed by atoms with Crippen LogP contribution in [0.4, 0.5) is 5.69 Å². The highest BCUT2D eigenvalue weighted by molar-refractivity contribution is 5.93. The van der Waals surface area contributed by atoms with Gasteiger partial charge < -0.3 is 0 Å². The highest BCUT2D eigenvalue weighted by Gasteiger charge is 2.14. The molecule has 0 amide bonds. The highest BCUT2D eigenvalue weighted by atomic mass is 16.6. The number of hydrogen-bond donors (Lipinski definition) is 0. The third-order valence-corrected chi connectivity index (χ3v) is 2.75. The van der Waals surface area contributed by atoms with Crippen LogP contribution >= 0.6 is 0 Å². The maximum absolute atomic E-state index is 10.9. The first-order valence-corrected chi connectivity index (χ1v) is 5.27. The molecule has 0 heterocycles. The van der Waals surface area contributed by atoms with Crippen LogP contribution in [0.25, 0.3) is 10.8 Å². The molecule has 3 nitrogen and oxygen atoms in total. The summed E-state index contributed by atoms with van der Waals surface area (Å²) in [5.74, 6) is 0.366. The van der Waals surface area contributed by atoms with Crippen LogP contribution in [-0.2, 0) is 0 Å². The Morgan fingerprint density at radius 1 is 1.06 bits per heavy atom. The van der Waals surface area contributed by atoms with E-state index in [4.69, 9.17) is 0 Å². The predicted octanol–water partition coefficient (Wildman–Crippen LogP) is 3.87. The number of benzene rings is 2.